The predicted octanol–water partition coefficient (Wildman–Crippen LogP) is 3.16. The molecule has 0 saturated carbocycles. The number of nitrogens with zero attached hydrogens (tertiary/aromatic N) is 2. The lowest BCUT2D eigenvalue weighted by atomic mass is 10.1. The van der Waals surface area contributed by atoms with Gasteiger partial charge in [0.05, 0.1) is 6.54 Å². The van der Waals surface area contributed by atoms with Crippen molar-refractivity contribution >= 4 is 21.7 Å². The molecule has 0 spiro atoms. The zero-order chi connectivity index (χ0) is 13.7. The van der Waals surface area contributed by atoms with Gasteiger partial charge < -0.3 is 0 Å². The molecular weight excluding hydrogens is 304 g/mol. The van der Waals surface area contributed by atoms with Gasteiger partial charge in [0, 0.05) is 29.0 Å². The summed E-state index contributed by atoms with van der Waals surface area (Å²) in [6, 6.07) is 11.4. The quantitative estimate of drug-likeness (QED) is 0.794. The maximum absolute atomic E-state index is 12.2. The summed E-state index contributed by atoms with van der Waals surface area (Å²) in [5.74, 6) is 0.115. The molecule has 0 unspecified atom stereocenters. The second-order valence-corrected chi connectivity index (χ2v) is 5.29. The summed E-state index contributed by atoms with van der Waals surface area (Å²) < 4.78 is 0.845. The first-order valence-electron chi connectivity index (χ1n) is 6.02. The summed E-state index contributed by atoms with van der Waals surface area (Å²) in [6.07, 6.45) is 3.53. The van der Waals surface area contributed by atoms with Gasteiger partial charge >= 0.3 is 0 Å². The van der Waals surface area contributed by atoms with Crippen molar-refractivity contribution in [3.63, 3.8) is 0 Å². The molecule has 98 valence electrons. The molecule has 4 heteroatoms. The molecule has 2 aromatic rings. The lowest BCUT2D eigenvalue weighted by Gasteiger charge is -2.16. The van der Waals surface area contributed by atoms with E-state index in [1.54, 1.807) is 12.4 Å². The van der Waals surface area contributed by atoms with Crippen LogP contribution in [0.2, 0.25) is 0 Å². The van der Waals surface area contributed by atoms with Crippen molar-refractivity contribution in [3.8, 4) is 0 Å². The van der Waals surface area contributed by atoms with E-state index >= 15 is 0 Å². The highest BCUT2D eigenvalue weighted by Gasteiger charge is 2.12. The van der Waals surface area contributed by atoms with Crippen LogP contribution in [0.1, 0.15) is 15.9 Å². The molecule has 1 aromatic carbocycles. The van der Waals surface area contributed by atoms with E-state index in [9.17, 15) is 4.79 Å². The number of carbonyl (C=O) groups excluding carboxylic acids is 1. The van der Waals surface area contributed by atoms with Gasteiger partial charge in [-0.15, -0.1) is 0 Å². The Balaban J connectivity index is 1.98. The lowest BCUT2D eigenvalue weighted by molar-refractivity contribution is 0.0942. The van der Waals surface area contributed by atoms with Crippen molar-refractivity contribution in [3.05, 3.63) is 64.4 Å². The Hall–Kier alpha value is -1.52. The highest BCUT2D eigenvalue weighted by molar-refractivity contribution is 9.10. The van der Waals surface area contributed by atoms with Crippen LogP contribution in [0.25, 0.3) is 0 Å². The summed E-state index contributed by atoms with van der Waals surface area (Å²) in [4.78, 5) is 18.2. The molecule has 2 rings (SSSR count). The number of hydrogen-bond acceptors (Lipinski definition) is 3. The van der Waals surface area contributed by atoms with Crippen LogP contribution >= 0.6 is 15.9 Å². The fourth-order valence-electron chi connectivity index (χ4n) is 1.87. The number of carbonyl (C=O) groups is 1. The molecule has 0 amide bonds. The lowest BCUT2D eigenvalue weighted by Crippen LogP contribution is -2.25. The SMILES string of the molecule is CN(CC(=O)c1ccccc1Br)Cc1ccncc1. The second kappa shape index (κ2) is 6.59. The van der Waals surface area contributed by atoms with E-state index in [2.05, 4.69) is 20.9 Å². The van der Waals surface area contributed by atoms with Crippen LogP contribution in [-0.2, 0) is 6.54 Å². The van der Waals surface area contributed by atoms with E-state index in [-0.39, 0.29) is 5.78 Å². The minimum Gasteiger partial charge on any atom is -0.295 e. The van der Waals surface area contributed by atoms with Crippen LogP contribution in [0.5, 0.6) is 0 Å². The van der Waals surface area contributed by atoms with Crippen molar-refractivity contribution in [1.82, 2.24) is 9.88 Å². The van der Waals surface area contributed by atoms with Crippen LogP contribution in [0.3, 0.4) is 0 Å². The zero-order valence-electron chi connectivity index (χ0n) is 10.7. The molecule has 0 aliphatic carbocycles. The van der Waals surface area contributed by atoms with E-state index in [0.717, 1.165) is 22.1 Å². The predicted molar refractivity (Wildman–Crippen MR) is 79.0 cm³/mol. The summed E-state index contributed by atoms with van der Waals surface area (Å²) in [5.41, 5.74) is 1.88. The molecule has 0 radical (unpaired) electrons. The van der Waals surface area contributed by atoms with Crippen molar-refractivity contribution in [2.45, 2.75) is 6.54 Å². The molecule has 3 nitrogen and oxygen atoms in total. The van der Waals surface area contributed by atoms with Crippen LogP contribution in [-0.4, -0.2) is 29.3 Å². The molecule has 19 heavy (non-hydrogen) atoms. The number of likely N-dealkylation sites (N-methyl/N-ethyl adjacent to an activating group) is 1. The number of halogens is 1. The third kappa shape index (κ3) is 3.98. The molecular formula is C15H15BrN2O. The fourth-order valence-corrected chi connectivity index (χ4v) is 2.38. The molecule has 0 aliphatic rings. The Kier molecular flexibility index (Phi) is 4.82. The van der Waals surface area contributed by atoms with Crippen molar-refractivity contribution in [2.75, 3.05) is 13.6 Å². The van der Waals surface area contributed by atoms with E-state index in [0.29, 0.717) is 6.54 Å². The van der Waals surface area contributed by atoms with Gasteiger partial charge in [-0.3, -0.25) is 14.7 Å². The van der Waals surface area contributed by atoms with E-state index in [1.165, 1.54) is 0 Å². The molecule has 0 saturated heterocycles. The van der Waals surface area contributed by atoms with Gasteiger partial charge in [-0.2, -0.15) is 0 Å². The Morgan fingerprint density at radius 1 is 1.21 bits per heavy atom. The van der Waals surface area contributed by atoms with E-state index in [4.69, 9.17) is 0 Å². The number of pyridine rings is 1. The molecule has 0 atom stereocenters. The molecule has 1 aromatic heterocycles. The van der Waals surface area contributed by atoms with Gasteiger partial charge in [0.2, 0.25) is 0 Å². The molecule has 0 aliphatic heterocycles. The van der Waals surface area contributed by atoms with Crippen molar-refractivity contribution in [2.24, 2.45) is 0 Å². The fraction of sp³-hybridized carbons (Fsp3) is 0.200. The first-order chi connectivity index (χ1) is 9.16. The van der Waals surface area contributed by atoms with Gasteiger partial charge in [-0.1, -0.05) is 34.1 Å². The first-order valence-corrected chi connectivity index (χ1v) is 6.81. The second-order valence-electron chi connectivity index (χ2n) is 4.43. The van der Waals surface area contributed by atoms with Crippen LogP contribution in [0.15, 0.2) is 53.3 Å². The summed E-state index contributed by atoms with van der Waals surface area (Å²) in [7, 11) is 1.94. The number of aromatic nitrogens is 1. The number of benzene rings is 1. The zero-order valence-corrected chi connectivity index (χ0v) is 12.3. The molecule has 0 N–H and O–H groups in total. The average Bonchev–Trinajstić information content (AvgIpc) is 2.40. The maximum Gasteiger partial charge on any atom is 0.177 e. The Morgan fingerprint density at radius 2 is 1.89 bits per heavy atom. The molecule has 0 fully saturated rings. The van der Waals surface area contributed by atoms with Crippen LogP contribution < -0.4 is 0 Å². The average molecular weight is 319 g/mol. The third-order valence-electron chi connectivity index (χ3n) is 2.79. The summed E-state index contributed by atoms with van der Waals surface area (Å²) in [5, 5.41) is 0. The minimum absolute atomic E-state index is 0.115. The highest BCUT2D eigenvalue weighted by atomic mass is 79.9. The summed E-state index contributed by atoms with van der Waals surface area (Å²) >= 11 is 3.41. The van der Waals surface area contributed by atoms with Crippen LogP contribution in [0, 0.1) is 0 Å². The Bertz CT molecular complexity index is 557. The molecule has 1 heterocycles. The van der Waals surface area contributed by atoms with Crippen molar-refractivity contribution < 1.29 is 4.79 Å². The maximum atomic E-state index is 12.2. The standard InChI is InChI=1S/C15H15BrN2O/c1-18(10-12-6-8-17-9-7-12)11-15(19)13-4-2-3-5-14(13)16/h2-9H,10-11H2,1H3. The topological polar surface area (TPSA) is 33.2 Å². The van der Waals surface area contributed by atoms with Gasteiger partial charge in [0.15, 0.2) is 5.78 Å². The Morgan fingerprint density at radius 3 is 2.58 bits per heavy atom. The van der Waals surface area contributed by atoms with E-state index < -0.39 is 0 Å². The van der Waals surface area contributed by atoms with Crippen LogP contribution in [0.4, 0.5) is 0 Å². The minimum atomic E-state index is 0.115. The molecule has 0 bridgehead atoms. The van der Waals surface area contributed by atoms with Crippen molar-refractivity contribution in [1.29, 1.82) is 0 Å². The van der Waals surface area contributed by atoms with Gasteiger partial charge in [-0.05, 0) is 30.8 Å². The largest absolute Gasteiger partial charge is 0.295 e. The summed E-state index contributed by atoms with van der Waals surface area (Å²) in [6.45, 7) is 1.13. The smallest absolute Gasteiger partial charge is 0.177 e. The highest BCUT2D eigenvalue weighted by Crippen LogP contribution is 2.16. The first kappa shape index (κ1) is 13.9. The van der Waals surface area contributed by atoms with Gasteiger partial charge in [0.1, 0.15) is 0 Å². The third-order valence-corrected chi connectivity index (χ3v) is 3.48. The number of hydrogen-bond donors (Lipinski definition) is 0. The monoisotopic (exact) mass is 318 g/mol. The number of ketones is 1. The van der Waals surface area contributed by atoms with Gasteiger partial charge in [-0.25, -0.2) is 0 Å². The number of Topliss-reactive ketones (excluding diaryl/α,β-unsaturated/α-hetero) is 1. The van der Waals surface area contributed by atoms with Gasteiger partial charge in [0.25, 0.3) is 0 Å². The van der Waals surface area contributed by atoms with E-state index in [1.807, 2.05) is 48.3 Å². The normalized spacial score (nSPS) is 10.7. The number of rotatable bonds is 5. The Labute approximate surface area is 121 Å².